The van der Waals surface area contributed by atoms with Crippen molar-refractivity contribution in [2.75, 3.05) is 6.61 Å². The van der Waals surface area contributed by atoms with Crippen molar-refractivity contribution >= 4 is 0 Å². The van der Waals surface area contributed by atoms with Gasteiger partial charge < -0.3 is 9.84 Å². The summed E-state index contributed by atoms with van der Waals surface area (Å²) in [6.45, 7) is 7.57. The van der Waals surface area contributed by atoms with Crippen molar-refractivity contribution in [3.8, 4) is 0 Å². The van der Waals surface area contributed by atoms with E-state index in [0.717, 1.165) is 6.42 Å². The Balaban J connectivity index is 2.17. The molecule has 1 aromatic carbocycles. The highest BCUT2D eigenvalue weighted by atomic mass is 16.5. The molecular formula is C17H26O2. The maximum Gasteiger partial charge on any atom is 0.0717 e. The fraction of sp³-hybridized carbons (Fsp3) is 0.529. The maximum absolute atomic E-state index is 9.68. The van der Waals surface area contributed by atoms with E-state index in [1.807, 2.05) is 32.0 Å². The zero-order valence-corrected chi connectivity index (χ0v) is 12.3. The van der Waals surface area contributed by atoms with E-state index in [4.69, 9.17) is 4.74 Å². The Morgan fingerprint density at radius 3 is 2.47 bits per heavy atom. The van der Waals surface area contributed by atoms with Gasteiger partial charge in [0.25, 0.3) is 0 Å². The van der Waals surface area contributed by atoms with E-state index in [1.54, 1.807) is 0 Å². The number of hydrogen-bond acceptors (Lipinski definition) is 2. The summed E-state index contributed by atoms with van der Waals surface area (Å²) in [4.78, 5) is 0. The molecule has 0 aliphatic heterocycles. The Kier molecular flexibility index (Phi) is 7.46. The Labute approximate surface area is 117 Å². The van der Waals surface area contributed by atoms with Crippen LogP contribution in [0.15, 0.2) is 42.5 Å². The SMILES string of the molecule is CC(C)[C@H](O)C/C=C\[C@@H](C)COCc1ccccc1. The quantitative estimate of drug-likeness (QED) is 0.722. The number of ether oxygens (including phenoxy) is 1. The lowest BCUT2D eigenvalue weighted by molar-refractivity contribution is 0.103. The normalized spacial score (nSPS) is 15.0. The van der Waals surface area contributed by atoms with Crippen LogP contribution >= 0.6 is 0 Å². The zero-order valence-electron chi connectivity index (χ0n) is 12.3. The molecule has 0 aromatic heterocycles. The monoisotopic (exact) mass is 262 g/mol. The van der Waals surface area contributed by atoms with Gasteiger partial charge in [0.2, 0.25) is 0 Å². The lowest BCUT2D eigenvalue weighted by Crippen LogP contribution is -2.13. The summed E-state index contributed by atoms with van der Waals surface area (Å²) in [5, 5.41) is 9.68. The minimum absolute atomic E-state index is 0.242. The largest absolute Gasteiger partial charge is 0.393 e. The second kappa shape index (κ2) is 8.89. The zero-order chi connectivity index (χ0) is 14.1. The van der Waals surface area contributed by atoms with Crippen LogP contribution in [0.2, 0.25) is 0 Å². The van der Waals surface area contributed by atoms with Gasteiger partial charge in [-0.05, 0) is 23.8 Å². The van der Waals surface area contributed by atoms with Crippen molar-refractivity contribution in [3.05, 3.63) is 48.0 Å². The topological polar surface area (TPSA) is 29.5 Å². The highest BCUT2D eigenvalue weighted by Gasteiger charge is 2.06. The fourth-order valence-electron chi connectivity index (χ4n) is 1.71. The van der Waals surface area contributed by atoms with Crippen LogP contribution in [-0.2, 0) is 11.3 Å². The summed E-state index contributed by atoms with van der Waals surface area (Å²) in [7, 11) is 0. The molecular weight excluding hydrogens is 236 g/mol. The Morgan fingerprint density at radius 1 is 1.16 bits per heavy atom. The van der Waals surface area contributed by atoms with Crippen LogP contribution in [0.4, 0.5) is 0 Å². The van der Waals surface area contributed by atoms with Gasteiger partial charge in [0.1, 0.15) is 0 Å². The lowest BCUT2D eigenvalue weighted by atomic mass is 10.0. The van der Waals surface area contributed by atoms with Crippen molar-refractivity contribution in [1.82, 2.24) is 0 Å². The van der Waals surface area contributed by atoms with Crippen LogP contribution < -0.4 is 0 Å². The minimum atomic E-state index is -0.242. The molecule has 0 saturated heterocycles. The molecule has 1 N–H and O–H groups in total. The van der Waals surface area contributed by atoms with E-state index in [2.05, 4.69) is 31.2 Å². The van der Waals surface area contributed by atoms with Gasteiger partial charge in [0.05, 0.1) is 19.3 Å². The van der Waals surface area contributed by atoms with Crippen LogP contribution in [0.25, 0.3) is 0 Å². The molecule has 0 bridgehead atoms. The molecule has 2 heteroatoms. The minimum Gasteiger partial charge on any atom is -0.393 e. The summed E-state index contributed by atoms with van der Waals surface area (Å²) in [6, 6.07) is 10.2. The average molecular weight is 262 g/mol. The van der Waals surface area contributed by atoms with Crippen molar-refractivity contribution in [2.45, 2.75) is 39.9 Å². The van der Waals surface area contributed by atoms with Crippen molar-refractivity contribution < 1.29 is 9.84 Å². The third-order valence-electron chi connectivity index (χ3n) is 3.10. The highest BCUT2D eigenvalue weighted by molar-refractivity contribution is 5.13. The van der Waals surface area contributed by atoms with E-state index in [0.29, 0.717) is 25.0 Å². The lowest BCUT2D eigenvalue weighted by Gasteiger charge is -2.12. The highest BCUT2D eigenvalue weighted by Crippen LogP contribution is 2.08. The summed E-state index contributed by atoms with van der Waals surface area (Å²) in [6.07, 6.45) is 4.66. The molecule has 0 fully saturated rings. The third kappa shape index (κ3) is 7.14. The van der Waals surface area contributed by atoms with Gasteiger partial charge in [-0.15, -0.1) is 0 Å². The molecule has 0 aliphatic carbocycles. The number of benzene rings is 1. The molecule has 0 unspecified atom stereocenters. The predicted molar refractivity (Wildman–Crippen MR) is 79.9 cm³/mol. The Morgan fingerprint density at radius 2 is 1.84 bits per heavy atom. The predicted octanol–water partition coefficient (Wildman–Crippen LogP) is 3.80. The van der Waals surface area contributed by atoms with Gasteiger partial charge in [0, 0.05) is 0 Å². The number of rotatable bonds is 8. The molecule has 19 heavy (non-hydrogen) atoms. The van der Waals surface area contributed by atoms with Gasteiger partial charge >= 0.3 is 0 Å². The van der Waals surface area contributed by atoms with E-state index in [9.17, 15) is 5.11 Å². The van der Waals surface area contributed by atoms with Crippen LogP contribution in [0.1, 0.15) is 32.8 Å². The first-order chi connectivity index (χ1) is 9.09. The second-order valence-corrected chi connectivity index (χ2v) is 5.45. The van der Waals surface area contributed by atoms with Gasteiger partial charge in [-0.3, -0.25) is 0 Å². The van der Waals surface area contributed by atoms with E-state index in [-0.39, 0.29) is 6.10 Å². The molecule has 0 aliphatic rings. The summed E-state index contributed by atoms with van der Waals surface area (Å²) in [5.74, 6) is 0.692. The van der Waals surface area contributed by atoms with E-state index in [1.165, 1.54) is 5.56 Å². The van der Waals surface area contributed by atoms with Crippen LogP contribution in [0.3, 0.4) is 0 Å². The Bertz CT molecular complexity index is 357. The first kappa shape index (κ1) is 15.9. The molecule has 106 valence electrons. The molecule has 0 radical (unpaired) electrons. The number of aliphatic hydroxyl groups is 1. The van der Waals surface area contributed by atoms with Crippen LogP contribution in [-0.4, -0.2) is 17.8 Å². The van der Waals surface area contributed by atoms with Gasteiger partial charge in [-0.1, -0.05) is 63.3 Å². The first-order valence-electron chi connectivity index (χ1n) is 7.06. The van der Waals surface area contributed by atoms with Crippen molar-refractivity contribution in [1.29, 1.82) is 0 Å². The van der Waals surface area contributed by atoms with Gasteiger partial charge in [0.15, 0.2) is 0 Å². The van der Waals surface area contributed by atoms with Crippen LogP contribution in [0.5, 0.6) is 0 Å². The smallest absolute Gasteiger partial charge is 0.0717 e. The molecule has 1 rings (SSSR count). The van der Waals surface area contributed by atoms with Crippen molar-refractivity contribution in [2.24, 2.45) is 11.8 Å². The molecule has 2 nitrogen and oxygen atoms in total. The third-order valence-corrected chi connectivity index (χ3v) is 3.10. The summed E-state index contributed by atoms with van der Waals surface area (Å²) in [5.41, 5.74) is 1.20. The van der Waals surface area contributed by atoms with Crippen LogP contribution in [0, 0.1) is 11.8 Å². The standard InChI is InChI=1S/C17H26O2/c1-14(2)17(18)11-7-8-15(3)12-19-13-16-9-5-4-6-10-16/h4-10,14-15,17-18H,11-13H2,1-3H3/b8-7-/t15-,17-/m1/s1. The van der Waals surface area contributed by atoms with E-state index >= 15 is 0 Å². The molecule has 1 aromatic rings. The van der Waals surface area contributed by atoms with Crippen molar-refractivity contribution in [3.63, 3.8) is 0 Å². The molecule has 2 atom stereocenters. The summed E-state index contributed by atoms with van der Waals surface area (Å²) >= 11 is 0. The Hall–Kier alpha value is -1.12. The number of hydrogen-bond donors (Lipinski definition) is 1. The molecule has 0 amide bonds. The fourth-order valence-corrected chi connectivity index (χ4v) is 1.71. The molecule has 0 heterocycles. The van der Waals surface area contributed by atoms with Gasteiger partial charge in [-0.25, -0.2) is 0 Å². The number of aliphatic hydroxyl groups excluding tert-OH is 1. The maximum atomic E-state index is 9.68. The van der Waals surface area contributed by atoms with Gasteiger partial charge in [-0.2, -0.15) is 0 Å². The second-order valence-electron chi connectivity index (χ2n) is 5.45. The van der Waals surface area contributed by atoms with E-state index < -0.39 is 0 Å². The first-order valence-corrected chi connectivity index (χ1v) is 7.06. The molecule has 0 saturated carbocycles. The molecule has 0 spiro atoms. The average Bonchev–Trinajstić information content (AvgIpc) is 2.39. The summed E-state index contributed by atoms with van der Waals surface area (Å²) < 4.78 is 5.67.